The topological polar surface area (TPSA) is 151 Å². The first-order valence-corrected chi connectivity index (χ1v) is 12.1. The number of para-hydroxylation sites is 2. The van der Waals surface area contributed by atoms with Gasteiger partial charge in [0.15, 0.2) is 17.3 Å². The van der Waals surface area contributed by atoms with Crippen LogP contribution in [0.3, 0.4) is 0 Å². The Hall–Kier alpha value is -4.44. The molecule has 2 aromatic carbocycles. The van der Waals surface area contributed by atoms with E-state index in [-0.39, 0.29) is 46.1 Å². The van der Waals surface area contributed by atoms with Gasteiger partial charge in [0.25, 0.3) is 0 Å². The molecule has 0 amide bonds. The number of ether oxygens (including phenoxy) is 1. The first-order chi connectivity index (χ1) is 18.0. The molecular formula is C28H27N3O7. The molecule has 0 saturated heterocycles. The number of imidazole rings is 1. The second-order valence-electron chi connectivity index (χ2n) is 9.64. The number of carbonyl (C=O) groups excluding carboxylic acids is 3. The van der Waals surface area contributed by atoms with Crippen LogP contribution in [0.2, 0.25) is 0 Å². The number of fused-ring (bicyclic) bond motifs is 4. The van der Waals surface area contributed by atoms with Crippen LogP contribution >= 0.6 is 0 Å². The van der Waals surface area contributed by atoms with Crippen molar-refractivity contribution in [3.63, 3.8) is 0 Å². The third-order valence-corrected chi connectivity index (χ3v) is 7.36. The van der Waals surface area contributed by atoms with E-state index in [1.165, 1.54) is 26.8 Å². The molecule has 0 radical (unpaired) electrons. The fraction of sp³-hybridized carbons (Fsp3) is 0.286. The van der Waals surface area contributed by atoms with Crippen LogP contribution in [0.15, 0.2) is 47.4 Å². The number of nitrogens with zero attached hydrogens (tertiary/aromatic N) is 2. The van der Waals surface area contributed by atoms with E-state index < -0.39 is 28.5 Å². The quantitative estimate of drug-likeness (QED) is 0.220. The molecule has 1 aliphatic heterocycles. The molecule has 0 unspecified atom stereocenters. The van der Waals surface area contributed by atoms with Gasteiger partial charge in [-0.2, -0.15) is 0 Å². The largest absolute Gasteiger partial charge is 0.507 e. The molecule has 1 atom stereocenters. The average Bonchev–Trinajstić information content (AvgIpc) is 3.38. The number of phenolic OH excluding ortho intramolecular Hbond substituents is 2. The number of aliphatic hydroxyl groups excluding tert-OH is 1. The van der Waals surface area contributed by atoms with Crippen LogP contribution in [0.1, 0.15) is 48.1 Å². The van der Waals surface area contributed by atoms with Crippen LogP contribution in [0, 0.1) is 6.92 Å². The van der Waals surface area contributed by atoms with Crippen molar-refractivity contribution in [2.24, 2.45) is 0 Å². The Balaban J connectivity index is 1.51. The van der Waals surface area contributed by atoms with Crippen molar-refractivity contribution < 1.29 is 34.4 Å². The highest BCUT2D eigenvalue weighted by atomic mass is 16.5. The first-order valence-electron chi connectivity index (χ1n) is 12.1. The van der Waals surface area contributed by atoms with Gasteiger partial charge >= 0.3 is 0 Å². The molecule has 196 valence electrons. The van der Waals surface area contributed by atoms with Gasteiger partial charge in [0.2, 0.25) is 0 Å². The van der Waals surface area contributed by atoms with Crippen molar-refractivity contribution in [3.8, 4) is 17.2 Å². The van der Waals surface area contributed by atoms with E-state index in [0.29, 0.717) is 24.6 Å². The number of benzene rings is 2. The Morgan fingerprint density at radius 2 is 1.87 bits per heavy atom. The normalized spacial score (nSPS) is 19.7. The van der Waals surface area contributed by atoms with Crippen molar-refractivity contribution >= 4 is 28.4 Å². The van der Waals surface area contributed by atoms with E-state index in [9.17, 15) is 29.7 Å². The predicted octanol–water partition coefficient (Wildman–Crippen LogP) is 2.70. The summed E-state index contributed by atoms with van der Waals surface area (Å²) in [6, 6.07) is 7.49. The number of carbonyl (C=O) groups is 3. The number of Topliss-reactive ketones (excluding diaryl/α,β-unsaturated/α-hetero) is 2. The fourth-order valence-corrected chi connectivity index (χ4v) is 5.30. The molecule has 4 N–H and O–H groups in total. The van der Waals surface area contributed by atoms with Crippen molar-refractivity contribution in [3.05, 3.63) is 69.9 Å². The maximum absolute atomic E-state index is 13.9. The third kappa shape index (κ3) is 3.44. The lowest BCUT2D eigenvalue weighted by atomic mass is 9.70. The summed E-state index contributed by atoms with van der Waals surface area (Å²) in [6.07, 6.45) is 1.19. The molecule has 10 heteroatoms. The number of hydrogen-bond acceptors (Lipinski definition) is 9. The summed E-state index contributed by atoms with van der Waals surface area (Å²) in [5, 5.41) is 34.3. The van der Waals surface area contributed by atoms with Gasteiger partial charge < -0.3 is 29.9 Å². The Labute approximate surface area is 217 Å². The summed E-state index contributed by atoms with van der Waals surface area (Å²) >= 11 is 0. The summed E-state index contributed by atoms with van der Waals surface area (Å²) < 4.78 is 7.65. The smallest absolute Gasteiger partial charge is 0.194 e. The number of hydrogen-bond donors (Lipinski definition) is 4. The van der Waals surface area contributed by atoms with Crippen LogP contribution in [-0.4, -0.2) is 48.8 Å². The number of aromatic nitrogens is 2. The second kappa shape index (κ2) is 8.84. The molecule has 2 heterocycles. The van der Waals surface area contributed by atoms with Gasteiger partial charge in [-0.25, -0.2) is 4.98 Å². The van der Waals surface area contributed by atoms with Crippen molar-refractivity contribution in [2.75, 3.05) is 6.54 Å². The molecule has 5 rings (SSSR count). The number of aliphatic hydroxyl groups is 1. The van der Waals surface area contributed by atoms with Gasteiger partial charge in [-0.15, -0.1) is 0 Å². The van der Waals surface area contributed by atoms with E-state index >= 15 is 0 Å². The molecule has 1 aliphatic carbocycles. The minimum absolute atomic E-state index is 0.0145. The number of phenols is 2. The lowest BCUT2D eigenvalue weighted by Crippen LogP contribution is -2.41. The molecule has 38 heavy (non-hydrogen) atoms. The molecular weight excluding hydrogens is 490 g/mol. The maximum Gasteiger partial charge on any atom is 0.194 e. The summed E-state index contributed by atoms with van der Waals surface area (Å²) in [5.41, 5.74) is 0.201. The lowest BCUT2D eigenvalue weighted by molar-refractivity contribution is -0.123. The van der Waals surface area contributed by atoms with Gasteiger partial charge in [0, 0.05) is 30.4 Å². The molecule has 0 saturated carbocycles. The third-order valence-electron chi connectivity index (χ3n) is 7.36. The van der Waals surface area contributed by atoms with Crippen molar-refractivity contribution in [2.45, 2.75) is 46.3 Å². The molecule has 0 bridgehead atoms. The van der Waals surface area contributed by atoms with Crippen molar-refractivity contribution in [1.29, 1.82) is 0 Å². The zero-order valence-corrected chi connectivity index (χ0v) is 21.4. The summed E-state index contributed by atoms with van der Waals surface area (Å²) in [6.45, 7) is 6.32. The number of rotatable bonds is 6. The van der Waals surface area contributed by atoms with Gasteiger partial charge in [-0.3, -0.25) is 14.4 Å². The van der Waals surface area contributed by atoms with Crippen LogP contribution in [0.4, 0.5) is 0 Å². The number of allylic oxidation sites excluding steroid dienone is 4. The zero-order chi connectivity index (χ0) is 27.5. The van der Waals surface area contributed by atoms with Crippen LogP contribution < -0.4 is 10.1 Å². The second-order valence-corrected chi connectivity index (χ2v) is 9.64. The standard InChI is InChI=1S/C28H27N3O7/c1-13-24(35)22(15(3)33)26-23(25(13)36)28(4)19(38-26)11-18(34)21(27(28)37)14(2)29-9-10-31-17-8-6-5-7-16(17)30-20(31)12-32/h5-8,11,29,32,35-36H,9-10,12H2,1-4H3/b21-14+/t28-/m1/s1. The van der Waals surface area contributed by atoms with Crippen LogP contribution in [0.25, 0.3) is 11.0 Å². The number of nitrogens with one attached hydrogen (secondary N) is 1. The van der Waals surface area contributed by atoms with E-state index in [1.807, 2.05) is 28.8 Å². The van der Waals surface area contributed by atoms with E-state index in [1.54, 1.807) is 6.92 Å². The minimum Gasteiger partial charge on any atom is -0.507 e. The predicted molar refractivity (Wildman–Crippen MR) is 137 cm³/mol. The van der Waals surface area contributed by atoms with Gasteiger partial charge in [0.05, 0.1) is 22.2 Å². The highest BCUT2D eigenvalue weighted by Crippen LogP contribution is 2.57. The van der Waals surface area contributed by atoms with Gasteiger partial charge in [0.1, 0.15) is 46.4 Å². The summed E-state index contributed by atoms with van der Waals surface area (Å²) in [4.78, 5) is 43.7. The molecule has 2 aliphatic rings. The van der Waals surface area contributed by atoms with Crippen LogP contribution in [-0.2, 0) is 28.2 Å². The van der Waals surface area contributed by atoms with E-state index in [4.69, 9.17) is 4.74 Å². The molecule has 10 nitrogen and oxygen atoms in total. The van der Waals surface area contributed by atoms with Gasteiger partial charge in [-0.1, -0.05) is 12.1 Å². The lowest BCUT2D eigenvalue weighted by Gasteiger charge is -2.29. The maximum atomic E-state index is 13.9. The Morgan fingerprint density at radius 1 is 1.16 bits per heavy atom. The number of ketones is 3. The Bertz CT molecular complexity index is 1630. The Kier molecular flexibility index (Phi) is 5.87. The molecule has 0 spiro atoms. The summed E-state index contributed by atoms with van der Waals surface area (Å²) in [5.74, 6) is -2.12. The fourth-order valence-electron chi connectivity index (χ4n) is 5.30. The summed E-state index contributed by atoms with van der Waals surface area (Å²) in [7, 11) is 0. The Morgan fingerprint density at radius 3 is 2.55 bits per heavy atom. The molecule has 3 aromatic rings. The SMILES string of the molecule is CC(=O)c1c(O)c(C)c(O)c2c1OC1=CC(=O)/C(=C(/C)NCCn3c(CO)nc4ccccc43)C(=O)[C@]12C. The zero-order valence-electron chi connectivity index (χ0n) is 21.4. The van der Waals surface area contributed by atoms with E-state index in [2.05, 4.69) is 10.3 Å². The van der Waals surface area contributed by atoms with Crippen molar-refractivity contribution in [1.82, 2.24) is 14.9 Å². The molecule has 0 fully saturated rings. The molecule has 1 aromatic heterocycles. The number of aromatic hydroxyl groups is 2. The van der Waals surface area contributed by atoms with Gasteiger partial charge in [-0.05, 0) is 39.8 Å². The van der Waals surface area contributed by atoms with E-state index in [0.717, 1.165) is 11.0 Å². The highest BCUT2D eigenvalue weighted by molar-refractivity contribution is 6.31. The monoisotopic (exact) mass is 517 g/mol. The highest BCUT2D eigenvalue weighted by Gasteiger charge is 2.56. The first kappa shape index (κ1) is 25.2. The average molecular weight is 518 g/mol. The van der Waals surface area contributed by atoms with Crippen LogP contribution in [0.5, 0.6) is 17.2 Å². The minimum atomic E-state index is -1.57.